The lowest BCUT2D eigenvalue weighted by atomic mass is 10.3. The summed E-state index contributed by atoms with van der Waals surface area (Å²) in [5, 5.41) is 1.94. The van der Waals surface area contributed by atoms with E-state index in [0.717, 1.165) is 58.8 Å². The molecule has 26 heavy (non-hydrogen) atoms. The van der Waals surface area contributed by atoms with Gasteiger partial charge < -0.3 is 23.7 Å². The van der Waals surface area contributed by atoms with Gasteiger partial charge in [-0.05, 0) is 12.8 Å². The van der Waals surface area contributed by atoms with Crippen molar-refractivity contribution in [2.75, 3.05) is 105 Å². The molecule has 0 aromatic rings. The van der Waals surface area contributed by atoms with E-state index in [1.165, 1.54) is 0 Å². The summed E-state index contributed by atoms with van der Waals surface area (Å²) >= 11 is 0. The average molecular weight is 376 g/mol. The fourth-order valence-corrected chi connectivity index (χ4v) is 2.74. The van der Waals surface area contributed by atoms with Crippen molar-refractivity contribution in [2.24, 2.45) is 0 Å². The number of ether oxygens (including phenoxy) is 5. The van der Waals surface area contributed by atoms with E-state index >= 15 is 0 Å². The summed E-state index contributed by atoms with van der Waals surface area (Å²) in [5.41, 5.74) is 0. The Morgan fingerprint density at radius 2 is 0.808 bits per heavy atom. The van der Waals surface area contributed by atoms with Crippen LogP contribution in [0.15, 0.2) is 0 Å². The Kier molecular flexibility index (Phi) is 13.3. The SMILES string of the molecule is C1CCON2CCOCCOCCN(CCOC1)CCOCCOCC2. The summed E-state index contributed by atoms with van der Waals surface area (Å²) < 4.78 is 28.5. The fourth-order valence-electron chi connectivity index (χ4n) is 2.74. The van der Waals surface area contributed by atoms with Crippen molar-refractivity contribution in [2.45, 2.75) is 12.8 Å². The normalized spacial score (nSPS) is 30.5. The highest BCUT2D eigenvalue weighted by Crippen LogP contribution is 1.99. The van der Waals surface area contributed by atoms with Gasteiger partial charge in [0.25, 0.3) is 0 Å². The maximum absolute atomic E-state index is 5.87. The van der Waals surface area contributed by atoms with E-state index in [1.54, 1.807) is 0 Å². The number of hydrogen-bond donors (Lipinski definition) is 0. The molecule has 0 atom stereocenters. The number of nitrogens with zero attached hydrogens (tertiary/aromatic N) is 2. The molecule has 0 aliphatic carbocycles. The van der Waals surface area contributed by atoms with Gasteiger partial charge in [-0.2, -0.15) is 5.06 Å². The molecule has 0 aromatic heterocycles. The van der Waals surface area contributed by atoms with E-state index in [4.69, 9.17) is 28.5 Å². The molecule has 3 aliphatic heterocycles. The third-order valence-corrected chi connectivity index (χ3v) is 4.33. The highest BCUT2D eigenvalue weighted by Gasteiger charge is 2.09. The van der Waals surface area contributed by atoms with Gasteiger partial charge in [-0.25, -0.2) is 0 Å². The highest BCUT2D eigenvalue weighted by atomic mass is 16.7. The summed E-state index contributed by atoms with van der Waals surface area (Å²) in [7, 11) is 0. The van der Waals surface area contributed by atoms with Gasteiger partial charge in [0.1, 0.15) is 0 Å². The van der Waals surface area contributed by atoms with Gasteiger partial charge in [-0.1, -0.05) is 0 Å². The maximum Gasteiger partial charge on any atom is 0.0701 e. The van der Waals surface area contributed by atoms with Crippen LogP contribution in [0, 0.1) is 0 Å². The Labute approximate surface area is 157 Å². The van der Waals surface area contributed by atoms with Crippen LogP contribution in [0.1, 0.15) is 12.8 Å². The van der Waals surface area contributed by atoms with E-state index in [2.05, 4.69) is 4.90 Å². The van der Waals surface area contributed by atoms with Gasteiger partial charge >= 0.3 is 0 Å². The molecular weight excluding hydrogens is 340 g/mol. The number of hydrogen-bond acceptors (Lipinski definition) is 8. The van der Waals surface area contributed by atoms with Crippen LogP contribution < -0.4 is 0 Å². The largest absolute Gasteiger partial charge is 0.380 e. The third kappa shape index (κ3) is 11.4. The zero-order valence-electron chi connectivity index (χ0n) is 16.1. The molecule has 3 saturated heterocycles. The molecule has 2 bridgehead atoms. The molecule has 0 amide bonds. The van der Waals surface area contributed by atoms with Crippen LogP contribution in [0.4, 0.5) is 0 Å². The van der Waals surface area contributed by atoms with E-state index in [0.29, 0.717) is 59.5 Å². The molecule has 8 nitrogen and oxygen atoms in total. The van der Waals surface area contributed by atoms with Crippen LogP contribution >= 0.6 is 0 Å². The predicted octanol–water partition coefficient (Wildman–Crippen LogP) is 0.412. The van der Waals surface area contributed by atoms with Gasteiger partial charge in [0, 0.05) is 39.3 Å². The van der Waals surface area contributed by atoms with Crippen LogP contribution in [0.5, 0.6) is 0 Å². The van der Waals surface area contributed by atoms with Gasteiger partial charge in [0.15, 0.2) is 0 Å². The standard InChI is InChI=1S/C18H36N2O6/c1-2-9-26-20-6-13-24-17-15-22-11-4-19(3-10-21-8-1)5-12-23-16-18-25-14-7-20/h1-18H2. The van der Waals surface area contributed by atoms with Crippen molar-refractivity contribution in [1.29, 1.82) is 0 Å². The average Bonchev–Trinajstić information content (AvgIpc) is 2.65. The monoisotopic (exact) mass is 376 g/mol. The third-order valence-electron chi connectivity index (χ3n) is 4.33. The number of fused-ring (bicyclic) bond motifs is 21. The van der Waals surface area contributed by atoms with Crippen LogP contribution in [-0.4, -0.2) is 115 Å². The number of rotatable bonds is 0. The first-order valence-electron chi connectivity index (χ1n) is 9.94. The molecule has 3 fully saturated rings. The Hall–Kier alpha value is -0.320. The summed E-state index contributed by atoms with van der Waals surface area (Å²) in [4.78, 5) is 8.20. The molecule has 3 aliphatic rings. The number of hydroxylamine groups is 2. The van der Waals surface area contributed by atoms with E-state index < -0.39 is 0 Å². The molecule has 3 rings (SSSR count). The quantitative estimate of drug-likeness (QED) is 0.603. The fraction of sp³-hybridized carbons (Fsp3) is 1.00. The first-order chi connectivity index (χ1) is 12.9. The Morgan fingerprint density at radius 1 is 0.385 bits per heavy atom. The van der Waals surface area contributed by atoms with Crippen LogP contribution in [0.25, 0.3) is 0 Å². The van der Waals surface area contributed by atoms with Crippen molar-refractivity contribution in [3.05, 3.63) is 0 Å². The smallest absolute Gasteiger partial charge is 0.0701 e. The van der Waals surface area contributed by atoms with Gasteiger partial charge in [0.2, 0.25) is 0 Å². The van der Waals surface area contributed by atoms with Crippen molar-refractivity contribution in [3.8, 4) is 0 Å². The lowest BCUT2D eigenvalue weighted by Gasteiger charge is -2.24. The minimum Gasteiger partial charge on any atom is -0.380 e. The zero-order valence-corrected chi connectivity index (χ0v) is 16.1. The van der Waals surface area contributed by atoms with Gasteiger partial charge in [-0.15, -0.1) is 0 Å². The van der Waals surface area contributed by atoms with Gasteiger partial charge in [0.05, 0.1) is 66.1 Å². The molecule has 8 heteroatoms. The summed E-state index contributed by atoms with van der Waals surface area (Å²) in [6.07, 6.45) is 2.00. The summed E-state index contributed by atoms with van der Waals surface area (Å²) in [6.45, 7) is 11.4. The lowest BCUT2D eigenvalue weighted by molar-refractivity contribution is -0.176. The first-order valence-corrected chi connectivity index (χ1v) is 9.94. The highest BCUT2D eigenvalue weighted by molar-refractivity contribution is 4.58. The predicted molar refractivity (Wildman–Crippen MR) is 97.3 cm³/mol. The van der Waals surface area contributed by atoms with Crippen molar-refractivity contribution < 1.29 is 28.5 Å². The topological polar surface area (TPSA) is 61.9 Å². The molecule has 0 radical (unpaired) electrons. The Morgan fingerprint density at radius 3 is 1.35 bits per heavy atom. The van der Waals surface area contributed by atoms with Gasteiger partial charge in [-0.3, -0.25) is 9.74 Å². The molecule has 154 valence electrons. The van der Waals surface area contributed by atoms with Crippen LogP contribution in [0.3, 0.4) is 0 Å². The minimum atomic E-state index is 0.608. The zero-order chi connectivity index (χ0) is 18.1. The summed E-state index contributed by atoms with van der Waals surface area (Å²) in [5.74, 6) is 0. The minimum absolute atomic E-state index is 0.608. The molecule has 0 unspecified atom stereocenters. The Balaban J connectivity index is 1.87. The van der Waals surface area contributed by atoms with Crippen molar-refractivity contribution in [1.82, 2.24) is 9.96 Å². The molecule has 3 heterocycles. The second-order valence-corrected chi connectivity index (χ2v) is 6.37. The van der Waals surface area contributed by atoms with Crippen LogP contribution in [-0.2, 0) is 28.5 Å². The molecule has 0 spiro atoms. The second-order valence-electron chi connectivity index (χ2n) is 6.37. The summed E-state index contributed by atoms with van der Waals surface area (Å²) in [6, 6.07) is 0. The maximum atomic E-state index is 5.87. The van der Waals surface area contributed by atoms with Crippen LogP contribution in [0.2, 0.25) is 0 Å². The first kappa shape index (κ1) is 22.0. The van der Waals surface area contributed by atoms with E-state index in [-0.39, 0.29) is 0 Å². The van der Waals surface area contributed by atoms with Crippen molar-refractivity contribution in [3.63, 3.8) is 0 Å². The van der Waals surface area contributed by atoms with E-state index in [1.807, 2.05) is 5.06 Å². The second kappa shape index (κ2) is 15.7. The van der Waals surface area contributed by atoms with Crippen molar-refractivity contribution >= 4 is 0 Å². The molecule has 0 N–H and O–H groups in total. The molecule has 0 saturated carbocycles. The Bertz CT molecular complexity index is 247. The lowest BCUT2D eigenvalue weighted by Crippen LogP contribution is -2.35. The molecule has 0 aromatic carbocycles. The van der Waals surface area contributed by atoms with E-state index in [9.17, 15) is 0 Å². The molecular formula is C18H36N2O6.